The maximum atomic E-state index is 14.1. The molecule has 6 heteroatoms. The first-order chi connectivity index (χ1) is 11.9. The van der Waals surface area contributed by atoms with Crippen LogP contribution >= 0.6 is 15.9 Å². The first kappa shape index (κ1) is 17.6. The minimum Gasteiger partial charge on any atom is -0.325 e. The van der Waals surface area contributed by atoms with Gasteiger partial charge in [0.1, 0.15) is 11.9 Å². The van der Waals surface area contributed by atoms with Crippen molar-refractivity contribution < 1.29 is 14.0 Å². The highest BCUT2D eigenvalue weighted by atomic mass is 79.9. The molecule has 1 fully saturated rings. The SMILES string of the molecule is Cc1ccc(F)c(N2CCN(C(=O)c3ccc(Br)cc3)[C@H](C)C2=O)c1. The van der Waals surface area contributed by atoms with Gasteiger partial charge in [0.15, 0.2) is 0 Å². The van der Waals surface area contributed by atoms with Crippen LogP contribution in [0.2, 0.25) is 0 Å². The van der Waals surface area contributed by atoms with Gasteiger partial charge < -0.3 is 9.80 Å². The number of anilines is 1. The molecule has 0 aliphatic carbocycles. The Hall–Kier alpha value is -2.21. The molecular weight excluding hydrogens is 387 g/mol. The van der Waals surface area contributed by atoms with Crippen molar-refractivity contribution in [3.8, 4) is 0 Å². The molecule has 3 rings (SSSR count). The van der Waals surface area contributed by atoms with Crippen LogP contribution in [0.25, 0.3) is 0 Å². The van der Waals surface area contributed by atoms with Crippen LogP contribution in [0.15, 0.2) is 46.9 Å². The van der Waals surface area contributed by atoms with E-state index in [1.165, 1.54) is 15.9 Å². The summed E-state index contributed by atoms with van der Waals surface area (Å²) in [6, 6.07) is 11.1. The Kier molecular flexibility index (Phi) is 4.90. The molecule has 130 valence electrons. The lowest BCUT2D eigenvalue weighted by atomic mass is 10.1. The summed E-state index contributed by atoms with van der Waals surface area (Å²) in [4.78, 5) is 28.4. The second kappa shape index (κ2) is 6.96. The van der Waals surface area contributed by atoms with Crippen molar-refractivity contribution in [2.75, 3.05) is 18.0 Å². The van der Waals surface area contributed by atoms with Crippen LogP contribution in [0.1, 0.15) is 22.8 Å². The average molecular weight is 405 g/mol. The van der Waals surface area contributed by atoms with E-state index in [-0.39, 0.29) is 24.0 Å². The molecule has 0 bridgehead atoms. The molecule has 0 aromatic heterocycles. The monoisotopic (exact) mass is 404 g/mol. The van der Waals surface area contributed by atoms with E-state index < -0.39 is 11.9 Å². The Labute approximate surface area is 154 Å². The lowest BCUT2D eigenvalue weighted by molar-refractivity contribution is -0.124. The van der Waals surface area contributed by atoms with Gasteiger partial charge in [0.05, 0.1) is 5.69 Å². The second-order valence-electron chi connectivity index (χ2n) is 6.13. The third-order valence-electron chi connectivity index (χ3n) is 4.40. The molecule has 0 saturated carbocycles. The predicted octanol–water partition coefficient (Wildman–Crippen LogP) is 3.77. The maximum Gasteiger partial charge on any atom is 0.254 e. The van der Waals surface area contributed by atoms with Crippen LogP contribution < -0.4 is 4.90 Å². The van der Waals surface area contributed by atoms with Gasteiger partial charge in [-0.05, 0) is 55.8 Å². The normalized spacial score (nSPS) is 17.8. The molecule has 2 aromatic carbocycles. The molecule has 2 amide bonds. The van der Waals surface area contributed by atoms with E-state index in [4.69, 9.17) is 0 Å². The van der Waals surface area contributed by atoms with Crippen molar-refractivity contribution in [2.24, 2.45) is 0 Å². The van der Waals surface area contributed by atoms with Gasteiger partial charge in [-0.2, -0.15) is 0 Å². The van der Waals surface area contributed by atoms with Gasteiger partial charge in [-0.3, -0.25) is 9.59 Å². The summed E-state index contributed by atoms with van der Waals surface area (Å²) in [6.07, 6.45) is 0. The number of benzene rings is 2. The Balaban J connectivity index is 1.83. The number of amides is 2. The lowest BCUT2D eigenvalue weighted by Crippen LogP contribution is -2.58. The van der Waals surface area contributed by atoms with Gasteiger partial charge in [-0.15, -0.1) is 0 Å². The van der Waals surface area contributed by atoms with E-state index in [0.29, 0.717) is 12.1 Å². The van der Waals surface area contributed by atoms with Crippen LogP contribution in [-0.4, -0.2) is 35.8 Å². The number of rotatable bonds is 2. The Morgan fingerprint density at radius 3 is 2.52 bits per heavy atom. The van der Waals surface area contributed by atoms with Crippen molar-refractivity contribution in [3.63, 3.8) is 0 Å². The number of carbonyl (C=O) groups excluding carboxylic acids is 2. The van der Waals surface area contributed by atoms with Gasteiger partial charge in [0, 0.05) is 23.1 Å². The number of carbonyl (C=O) groups is 2. The number of hydrogen-bond acceptors (Lipinski definition) is 2. The maximum absolute atomic E-state index is 14.1. The highest BCUT2D eigenvalue weighted by Crippen LogP contribution is 2.25. The zero-order valence-electron chi connectivity index (χ0n) is 14.0. The quantitative estimate of drug-likeness (QED) is 0.763. The summed E-state index contributed by atoms with van der Waals surface area (Å²) in [5, 5.41) is 0. The topological polar surface area (TPSA) is 40.6 Å². The van der Waals surface area contributed by atoms with E-state index in [2.05, 4.69) is 15.9 Å². The van der Waals surface area contributed by atoms with E-state index in [0.717, 1.165) is 10.0 Å². The molecule has 0 radical (unpaired) electrons. The number of nitrogens with zero attached hydrogens (tertiary/aromatic N) is 2. The molecule has 1 aliphatic heterocycles. The zero-order valence-corrected chi connectivity index (χ0v) is 15.6. The van der Waals surface area contributed by atoms with Crippen LogP contribution in [0.5, 0.6) is 0 Å². The minimum atomic E-state index is -0.648. The summed E-state index contributed by atoms with van der Waals surface area (Å²) in [5.41, 5.74) is 1.68. The van der Waals surface area contributed by atoms with Crippen molar-refractivity contribution >= 4 is 33.4 Å². The third-order valence-corrected chi connectivity index (χ3v) is 4.93. The first-order valence-electron chi connectivity index (χ1n) is 8.02. The molecule has 2 aromatic rings. The molecule has 0 N–H and O–H groups in total. The third kappa shape index (κ3) is 3.44. The van der Waals surface area contributed by atoms with Gasteiger partial charge in [0.2, 0.25) is 5.91 Å². The molecule has 1 heterocycles. The van der Waals surface area contributed by atoms with Crippen molar-refractivity contribution in [1.29, 1.82) is 0 Å². The summed E-state index contributed by atoms with van der Waals surface area (Å²) in [6.45, 7) is 4.16. The Morgan fingerprint density at radius 1 is 1.16 bits per heavy atom. The fraction of sp³-hybridized carbons (Fsp3) is 0.263. The van der Waals surface area contributed by atoms with E-state index in [9.17, 15) is 14.0 Å². The molecule has 0 spiro atoms. The Bertz CT molecular complexity index is 823. The summed E-state index contributed by atoms with van der Waals surface area (Å²) < 4.78 is 15.0. The van der Waals surface area contributed by atoms with Crippen LogP contribution in [0.4, 0.5) is 10.1 Å². The van der Waals surface area contributed by atoms with Crippen molar-refractivity contribution in [2.45, 2.75) is 19.9 Å². The highest BCUT2D eigenvalue weighted by Gasteiger charge is 2.36. The first-order valence-corrected chi connectivity index (χ1v) is 8.82. The fourth-order valence-electron chi connectivity index (χ4n) is 2.97. The van der Waals surface area contributed by atoms with Crippen LogP contribution in [0, 0.1) is 12.7 Å². The number of hydrogen-bond donors (Lipinski definition) is 0. The zero-order chi connectivity index (χ0) is 18.1. The Morgan fingerprint density at radius 2 is 1.84 bits per heavy atom. The predicted molar refractivity (Wildman–Crippen MR) is 98.1 cm³/mol. The smallest absolute Gasteiger partial charge is 0.254 e. The summed E-state index contributed by atoms with van der Waals surface area (Å²) in [5.74, 6) is -0.905. The van der Waals surface area contributed by atoms with Crippen molar-refractivity contribution in [1.82, 2.24) is 4.90 Å². The summed E-state index contributed by atoms with van der Waals surface area (Å²) >= 11 is 3.34. The second-order valence-corrected chi connectivity index (χ2v) is 7.04. The minimum absolute atomic E-state index is 0.197. The van der Waals surface area contributed by atoms with Gasteiger partial charge >= 0.3 is 0 Å². The fourth-order valence-corrected chi connectivity index (χ4v) is 3.24. The molecular formula is C19H18BrFN2O2. The molecule has 1 saturated heterocycles. The van der Waals surface area contributed by atoms with E-state index in [1.54, 1.807) is 43.3 Å². The molecule has 25 heavy (non-hydrogen) atoms. The molecule has 1 aliphatic rings. The van der Waals surface area contributed by atoms with E-state index in [1.807, 2.05) is 6.92 Å². The van der Waals surface area contributed by atoms with Gasteiger partial charge in [-0.25, -0.2) is 4.39 Å². The average Bonchev–Trinajstić information content (AvgIpc) is 2.60. The van der Waals surface area contributed by atoms with Crippen LogP contribution in [0.3, 0.4) is 0 Å². The molecule has 4 nitrogen and oxygen atoms in total. The largest absolute Gasteiger partial charge is 0.325 e. The van der Waals surface area contributed by atoms with Gasteiger partial charge in [-0.1, -0.05) is 22.0 Å². The number of aryl methyl sites for hydroxylation is 1. The van der Waals surface area contributed by atoms with E-state index >= 15 is 0 Å². The number of halogens is 2. The molecule has 1 atom stereocenters. The highest BCUT2D eigenvalue weighted by molar-refractivity contribution is 9.10. The lowest BCUT2D eigenvalue weighted by Gasteiger charge is -2.39. The van der Waals surface area contributed by atoms with Crippen molar-refractivity contribution in [3.05, 3.63) is 63.9 Å². The van der Waals surface area contributed by atoms with Crippen LogP contribution in [-0.2, 0) is 4.79 Å². The molecule has 0 unspecified atom stereocenters. The van der Waals surface area contributed by atoms with Gasteiger partial charge in [0.25, 0.3) is 5.91 Å². The number of piperazine rings is 1. The standard InChI is InChI=1S/C19H18BrFN2O2/c1-12-3-8-16(21)17(11-12)23-10-9-22(13(2)18(23)24)19(25)14-4-6-15(20)7-5-14/h3-8,11,13H,9-10H2,1-2H3/t13-/m1/s1. The summed E-state index contributed by atoms with van der Waals surface area (Å²) in [7, 11) is 0.